The Labute approximate surface area is 151 Å². The van der Waals surface area contributed by atoms with Gasteiger partial charge >= 0.3 is 12.0 Å². The first-order valence-corrected chi connectivity index (χ1v) is 8.28. The SMILES string of the molecule is COC(=O)c1ccccc1NC(=O)NCCc1ccc2c(c1)OCCO2. The maximum absolute atomic E-state index is 12.1. The number of anilines is 1. The summed E-state index contributed by atoms with van der Waals surface area (Å²) in [7, 11) is 1.30. The van der Waals surface area contributed by atoms with E-state index in [2.05, 4.69) is 10.6 Å². The molecule has 0 radical (unpaired) electrons. The van der Waals surface area contributed by atoms with Crippen LogP contribution in [0.1, 0.15) is 15.9 Å². The number of methoxy groups -OCH3 is 1. The van der Waals surface area contributed by atoms with Crippen molar-refractivity contribution in [2.45, 2.75) is 6.42 Å². The number of carbonyl (C=O) groups is 2. The van der Waals surface area contributed by atoms with Gasteiger partial charge in [0.2, 0.25) is 0 Å². The lowest BCUT2D eigenvalue weighted by atomic mass is 10.1. The molecule has 7 heteroatoms. The number of hydrogen-bond donors (Lipinski definition) is 2. The first kappa shape index (κ1) is 17.6. The standard InChI is InChI=1S/C19H20N2O5/c1-24-18(22)14-4-2-3-5-15(14)21-19(23)20-9-8-13-6-7-16-17(12-13)26-11-10-25-16/h2-7,12H,8-11H2,1H3,(H2,20,21,23). The molecule has 2 aromatic rings. The van der Waals surface area contributed by atoms with Gasteiger partial charge in [-0.15, -0.1) is 0 Å². The van der Waals surface area contributed by atoms with Gasteiger partial charge in [0.15, 0.2) is 11.5 Å². The molecule has 0 unspecified atom stereocenters. The molecule has 0 atom stereocenters. The number of para-hydroxylation sites is 1. The van der Waals surface area contributed by atoms with Crippen molar-refractivity contribution in [1.29, 1.82) is 0 Å². The van der Waals surface area contributed by atoms with Gasteiger partial charge in [-0.2, -0.15) is 0 Å². The van der Waals surface area contributed by atoms with Crippen LogP contribution in [-0.2, 0) is 11.2 Å². The molecule has 1 aliphatic heterocycles. The van der Waals surface area contributed by atoms with Crippen molar-refractivity contribution in [3.05, 3.63) is 53.6 Å². The Hall–Kier alpha value is -3.22. The van der Waals surface area contributed by atoms with Crippen LogP contribution in [0.3, 0.4) is 0 Å². The van der Waals surface area contributed by atoms with E-state index in [4.69, 9.17) is 14.2 Å². The number of ether oxygens (including phenoxy) is 3. The van der Waals surface area contributed by atoms with E-state index in [1.54, 1.807) is 24.3 Å². The second kappa shape index (κ2) is 8.24. The summed E-state index contributed by atoms with van der Waals surface area (Å²) in [4.78, 5) is 23.8. The van der Waals surface area contributed by atoms with Crippen LogP contribution in [0.15, 0.2) is 42.5 Å². The molecule has 0 saturated heterocycles. The highest BCUT2D eigenvalue weighted by atomic mass is 16.6. The third-order valence-corrected chi connectivity index (χ3v) is 3.89. The lowest BCUT2D eigenvalue weighted by molar-refractivity contribution is 0.0602. The quantitative estimate of drug-likeness (QED) is 0.805. The van der Waals surface area contributed by atoms with E-state index in [-0.39, 0.29) is 6.03 Å². The van der Waals surface area contributed by atoms with Gasteiger partial charge in [0.1, 0.15) is 13.2 Å². The monoisotopic (exact) mass is 356 g/mol. The molecule has 0 aromatic heterocycles. The van der Waals surface area contributed by atoms with Crippen LogP contribution in [0, 0.1) is 0 Å². The van der Waals surface area contributed by atoms with E-state index < -0.39 is 5.97 Å². The number of benzene rings is 2. The lowest BCUT2D eigenvalue weighted by Gasteiger charge is -2.19. The molecule has 3 rings (SSSR count). The molecular formula is C19H20N2O5. The minimum Gasteiger partial charge on any atom is -0.486 e. The first-order chi connectivity index (χ1) is 12.7. The Morgan fingerprint density at radius 3 is 2.65 bits per heavy atom. The summed E-state index contributed by atoms with van der Waals surface area (Å²) in [6, 6.07) is 12.0. The summed E-state index contributed by atoms with van der Waals surface area (Å²) in [5.74, 6) is 0.965. The second-order valence-corrected chi connectivity index (χ2v) is 5.65. The molecule has 7 nitrogen and oxygen atoms in total. The Balaban J connectivity index is 1.53. The van der Waals surface area contributed by atoms with Crippen LogP contribution in [0.2, 0.25) is 0 Å². The second-order valence-electron chi connectivity index (χ2n) is 5.65. The summed E-state index contributed by atoms with van der Waals surface area (Å²) in [5, 5.41) is 5.44. The van der Waals surface area contributed by atoms with Gasteiger partial charge in [0.25, 0.3) is 0 Å². The molecule has 1 heterocycles. The normalized spacial score (nSPS) is 12.2. The van der Waals surface area contributed by atoms with E-state index in [0.29, 0.717) is 37.4 Å². The number of hydrogen-bond acceptors (Lipinski definition) is 5. The van der Waals surface area contributed by atoms with E-state index in [9.17, 15) is 9.59 Å². The fourth-order valence-corrected chi connectivity index (χ4v) is 2.61. The maximum atomic E-state index is 12.1. The van der Waals surface area contributed by atoms with Gasteiger partial charge in [-0.25, -0.2) is 9.59 Å². The molecule has 0 aliphatic carbocycles. The molecule has 136 valence electrons. The van der Waals surface area contributed by atoms with Gasteiger partial charge in [-0.3, -0.25) is 0 Å². The Bertz CT molecular complexity index is 806. The third-order valence-electron chi connectivity index (χ3n) is 3.89. The molecule has 0 spiro atoms. The van der Waals surface area contributed by atoms with Crippen molar-refractivity contribution >= 4 is 17.7 Å². The minimum atomic E-state index is -0.503. The van der Waals surface area contributed by atoms with Crippen LogP contribution >= 0.6 is 0 Å². The van der Waals surface area contributed by atoms with Crippen LogP contribution in [0.5, 0.6) is 11.5 Å². The van der Waals surface area contributed by atoms with Gasteiger partial charge in [0, 0.05) is 6.54 Å². The molecule has 2 amide bonds. The van der Waals surface area contributed by atoms with Crippen LogP contribution < -0.4 is 20.1 Å². The van der Waals surface area contributed by atoms with Crippen LogP contribution in [0.25, 0.3) is 0 Å². The number of carbonyl (C=O) groups excluding carboxylic acids is 2. The van der Waals surface area contributed by atoms with E-state index in [1.165, 1.54) is 7.11 Å². The van der Waals surface area contributed by atoms with E-state index in [1.807, 2.05) is 18.2 Å². The van der Waals surface area contributed by atoms with Gasteiger partial charge < -0.3 is 24.8 Å². The predicted molar refractivity (Wildman–Crippen MR) is 95.9 cm³/mol. The molecular weight excluding hydrogens is 336 g/mol. The molecule has 2 aromatic carbocycles. The zero-order valence-corrected chi connectivity index (χ0v) is 14.4. The van der Waals surface area contributed by atoms with E-state index in [0.717, 1.165) is 17.1 Å². The summed E-state index contributed by atoms with van der Waals surface area (Å²) in [6.07, 6.45) is 0.642. The van der Waals surface area contributed by atoms with Gasteiger partial charge in [0.05, 0.1) is 18.4 Å². The van der Waals surface area contributed by atoms with Crippen molar-refractivity contribution in [2.24, 2.45) is 0 Å². The zero-order valence-electron chi connectivity index (χ0n) is 14.4. The lowest BCUT2D eigenvalue weighted by Crippen LogP contribution is -2.31. The Morgan fingerprint density at radius 2 is 1.85 bits per heavy atom. The third kappa shape index (κ3) is 4.24. The average Bonchev–Trinajstić information content (AvgIpc) is 2.67. The van der Waals surface area contributed by atoms with Crippen molar-refractivity contribution in [1.82, 2.24) is 5.32 Å². The fourth-order valence-electron chi connectivity index (χ4n) is 2.61. The average molecular weight is 356 g/mol. The number of amides is 2. The van der Waals surface area contributed by atoms with Gasteiger partial charge in [-0.05, 0) is 36.2 Å². The molecule has 0 bridgehead atoms. The number of esters is 1. The number of rotatable bonds is 5. The maximum Gasteiger partial charge on any atom is 0.339 e. The summed E-state index contributed by atoms with van der Waals surface area (Å²) in [6.45, 7) is 1.53. The van der Waals surface area contributed by atoms with Crippen molar-refractivity contribution in [3.8, 4) is 11.5 Å². The predicted octanol–water partition coefficient (Wildman–Crippen LogP) is 2.61. The highest BCUT2D eigenvalue weighted by molar-refractivity contribution is 6.00. The van der Waals surface area contributed by atoms with E-state index >= 15 is 0 Å². The minimum absolute atomic E-state index is 0.303. The van der Waals surface area contributed by atoms with Crippen LogP contribution in [0.4, 0.5) is 10.5 Å². The molecule has 0 fully saturated rings. The highest BCUT2D eigenvalue weighted by Crippen LogP contribution is 2.30. The number of nitrogens with one attached hydrogen (secondary N) is 2. The summed E-state index contributed by atoms with van der Waals surface area (Å²) < 4.78 is 15.7. The molecule has 26 heavy (non-hydrogen) atoms. The van der Waals surface area contributed by atoms with Crippen molar-refractivity contribution in [3.63, 3.8) is 0 Å². The van der Waals surface area contributed by atoms with Crippen molar-refractivity contribution < 1.29 is 23.8 Å². The fraction of sp³-hybridized carbons (Fsp3) is 0.263. The Kier molecular flexibility index (Phi) is 5.58. The van der Waals surface area contributed by atoms with Gasteiger partial charge in [-0.1, -0.05) is 18.2 Å². The number of urea groups is 1. The van der Waals surface area contributed by atoms with Crippen LogP contribution in [-0.4, -0.2) is 38.9 Å². The number of fused-ring (bicyclic) bond motifs is 1. The Morgan fingerprint density at radius 1 is 1.08 bits per heavy atom. The largest absolute Gasteiger partial charge is 0.486 e. The first-order valence-electron chi connectivity index (χ1n) is 8.28. The molecule has 0 saturated carbocycles. The highest BCUT2D eigenvalue weighted by Gasteiger charge is 2.14. The molecule has 2 N–H and O–H groups in total. The smallest absolute Gasteiger partial charge is 0.339 e. The molecule has 1 aliphatic rings. The summed E-state index contributed by atoms with van der Waals surface area (Å²) in [5.41, 5.74) is 1.73. The zero-order chi connectivity index (χ0) is 18.4. The summed E-state index contributed by atoms with van der Waals surface area (Å²) >= 11 is 0. The topological polar surface area (TPSA) is 85.9 Å². The van der Waals surface area contributed by atoms with Crippen molar-refractivity contribution in [2.75, 3.05) is 32.2 Å².